The number of fused-ring (bicyclic) bond motifs is 13. The Bertz CT molecular complexity index is 3180. The number of para-hydroxylation sites is 3. The molecule has 0 aliphatic heterocycles. The SMILES string of the molecule is c1ccc(N(c2ccccc2)c2cccc3c2-c2ccccc2C32c3ccccc3-c3cc(N(c4ccccc4)c4cccc5ccccc45)c4ccccc4c32)cc1. The van der Waals surface area contributed by atoms with Gasteiger partial charge in [0.1, 0.15) is 0 Å². The zero-order valence-corrected chi connectivity index (χ0v) is 32.3. The van der Waals surface area contributed by atoms with Gasteiger partial charge in [-0.3, -0.25) is 0 Å². The molecule has 12 rings (SSSR count). The highest BCUT2D eigenvalue weighted by Crippen LogP contribution is 2.66. The fraction of sp³-hybridized carbons (Fsp3) is 0.0175. The number of rotatable bonds is 6. The van der Waals surface area contributed by atoms with Crippen molar-refractivity contribution in [3.63, 3.8) is 0 Å². The first kappa shape index (κ1) is 33.5. The number of anilines is 6. The Morgan fingerprint density at radius 3 is 1.46 bits per heavy atom. The summed E-state index contributed by atoms with van der Waals surface area (Å²) in [7, 11) is 0. The van der Waals surface area contributed by atoms with Crippen molar-refractivity contribution in [1.29, 1.82) is 0 Å². The molecule has 0 saturated heterocycles. The summed E-state index contributed by atoms with van der Waals surface area (Å²) in [6.07, 6.45) is 0. The average Bonchev–Trinajstić information content (AvgIpc) is 3.78. The minimum Gasteiger partial charge on any atom is -0.310 e. The van der Waals surface area contributed by atoms with Crippen molar-refractivity contribution < 1.29 is 0 Å². The fourth-order valence-corrected chi connectivity index (χ4v) is 10.4. The third kappa shape index (κ3) is 4.81. The summed E-state index contributed by atoms with van der Waals surface area (Å²) in [6, 6.07) is 84.7. The van der Waals surface area contributed by atoms with Gasteiger partial charge in [0, 0.05) is 33.4 Å². The van der Waals surface area contributed by atoms with Crippen LogP contribution in [0.15, 0.2) is 231 Å². The van der Waals surface area contributed by atoms with Gasteiger partial charge in [-0.15, -0.1) is 0 Å². The maximum absolute atomic E-state index is 2.49. The van der Waals surface area contributed by atoms with E-state index in [1.54, 1.807) is 0 Å². The average molecular weight is 751 g/mol. The summed E-state index contributed by atoms with van der Waals surface area (Å²) in [5.41, 5.74) is 16.7. The van der Waals surface area contributed by atoms with Crippen molar-refractivity contribution >= 4 is 55.7 Å². The summed E-state index contributed by atoms with van der Waals surface area (Å²) in [5.74, 6) is 0. The smallest absolute Gasteiger partial charge is 0.0732 e. The number of hydrogen-bond acceptors (Lipinski definition) is 2. The monoisotopic (exact) mass is 750 g/mol. The first-order valence-electron chi connectivity index (χ1n) is 20.4. The molecule has 59 heavy (non-hydrogen) atoms. The van der Waals surface area contributed by atoms with E-state index >= 15 is 0 Å². The summed E-state index contributed by atoms with van der Waals surface area (Å²) in [5, 5.41) is 4.91. The Labute approximate surface area is 344 Å². The largest absolute Gasteiger partial charge is 0.310 e. The molecule has 1 unspecified atom stereocenters. The van der Waals surface area contributed by atoms with Gasteiger partial charge in [0.25, 0.3) is 0 Å². The van der Waals surface area contributed by atoms with E-state index < -0.39 is 5.41 Å². The van der Waals surface area contributed by atoms with Crippen LogP contribution < -0.4 is 9.80 Å². The van der Waals surface area contributed by atoms with Crippen LogP contribution in [-0.2, 0) is 5.41 Å². The van der Waals surface area contributed by atoms with Crippen LogP contribution in [0.3, 0.4) is 0 Å². The van der Waals surface area contributed by atoms with Gasteiger partial charge >= 0.3 is 0 Å². The lowest BCUT2D eigenvalue weighted by atomic mass is 9.69. The Balaban J connectivity index is 1.19. The second-order valence-corrected chi connectivity index (χ2v) is 15.6. The number of hydrogen-bond donors (Lipinski definition) is 0. The molecule has 0 heterocycles. The Morgan fingerprint density at radius 2 is 0.763 bits per heavy atom. The first-order chi connectivity index (χ1) is 29.3. The van der Waals surface area contributed by atoms with Gasteiger partial charge in [-0.2, -0.15) is 0 Å². The van der Waals surface area contributed by atoms with Crippen LogP contribution in [0, 0.1) is 0 Å². The predicted octanol–water partition coefficient (Wildman–Crippen LogP) is 15.3. The highest BCUT2D eigenvalue weighted by Gasteiger charge is 2.53. The molecule has 0 aromatic heterocycles. The van der Waals surface area contributed by atoms with Crippen molar-refractivity contribution in [1.82, 2.24) is 0 Å². The van der Waals surface area contributed by atoms with E-state index in [0.29, 0.717) is 0 Å². The maximum atomic E-state index is 2.49. The van der Waals surface area contributed by atoms with Gasteiger partial charge in [-0.25, -0.2) is 0 Å². The van der Waals surface area contributed by atoms with Gasteiger partial charge in [-0.1, -0.05) is 176 Å². The van der Waals surface area contributed by atoms with Crippen LogP contribution in [0.2, 0.25) is 0 Å². The van der Waals surface area contributed by atoms with Gasteiger partial charge in [0.05, 0.1) is 22.5 Å². The molecule has 0 N–H and O–H groups in total. The molecule has 10 aromatic rings. The molecular weight excluding hydrogens is 713 g/mol. The summed E-state index contributed by atoms with van der Waals surface area (Å²) in [6.45, 7) is 0. The number of benzene rings is 10. The topological polar surface area (TPSA) is 6.48 Å². The quantitative estimate of drug-likeness (QED) is 0.167. The maximum Gasteiger partial charge on any atom is 0.0732 e. The zero-order chi connectivity index (χ0) is 38.9. The van der Waals surface area contributed by atoms with E-state index in [1.807, 2.05) is 0 Å². The lowest BCUT2D eigenvalue weighted by Crippen LogP contribution is -2.26. The van der Waals surface area contributed by atoms with Crippen LogP contribution >= 0.6 is 0 Å². The van der Waals surface area contributed by atoms with Gasteiger partial charge in [-0.05, 0) is 104 Å². The van der Waals surface area contributed by atoms with Crippen LogP contribution in [0.4, 0.5) is 34.1 Å². The number of nitrogens with zero attached hydrogens (tertiary/aromatic N) is 2. The summed E-state index contributed by atoms with van der Waals surface area (Å²) < 4.78 is 0. The molecular formula is C57H38N2. The van der Waals surface area contributed by atoms with E-state index in [0.717, 1.165) is 28.4 Å². The third-order valence-electron chi connectivity index (χ3n) is 12.6. The molecule has 2 aliphatic rings. The third-order valence-corrected chi connectivity index (χ3v) is 12.6. The van der Waals surface area contributed by atoms with E-state index in [4.69, 9.17) is 0 Å². The first-order valence-corrected chi connectivity index (χ1v) is 20.4. The van der Waals surface area contributed by atoms with Crippen LogP contribution in [0.5, 0.6) is 0 Å². The summed E-state index contributed by atoms with van der Waals surface area (Å²) in [4.78, 5) is 4.91. The Kier molecular flexibility index (Phi) is 7.48. The van der Waals surface area contributed by atoms with Crippen LogP contribution in [0.1, 0.15) is 22.3 Å². The molecule has 0 amide bonds. The molecule has 0 fully saturated rings. The van der Waals surface area contributed by atoms with E-state index in [9.17, 15) is 0 Å². The second kappa shape index (κ2) is 13.2. The van der Waals surface area contributed by atoms with E-state index in [2.05, 4.69) is 240 Å². The Hall–Kier alpha value is -7.68. The lowest BCUT2D eigenvalue weighted by Gasteiger charge is -2.34. The Morgan fingerprint density at radius 1 is 0.288 bits per heavy atom. The minimum absolute atomic E-state index is 0.554. The van der Waals surface area contributed by atoms with Crippen molar-refractivity contribution in [2.75, 3.05) is 9.80 Å². The molecule has 0 saturated carbocycles. The summed E-state index contributed by atoms with van der Waals surface area (Å²) >= 11 is 0. The highest BCUT2D eigenvalue weighted by molar-refractivity contribution is 6.12. The molecule has 276 valence electrons. The van der Waals surface area contributed by atoms with Gasteiger partial charge in [0.2, 0.25) is 0 Å². The standard InChI is InChI=1S/C57H38N2/c1-4-22-40(23-5-1)58(41-24-6-2-7-25-41)53-37-19-35-51-55(53)47-32-15-17-34-50(47)57(51)49-33-16-14-29-44(49)48-38-54(45-30-12-13-31-46(45)56(48)57)59(42-26-8-3-9-27-42)52-36-18-21-39-20-10-11-28-43(39)52/h1-38H. The predicted molar refractivity (Wildman–Crippen MR) is 247 cm³/mol. The molecule has 2 nitrogen and oxygen atoms in total. The second-order valence-electron chi connectivity index (χ2n) is 15.6. The van der Waals surface area contributed by atoms with Gasteiger partial charge in [0.15, 0.2) is 0 Å². The molecule has 0 radical (unpaired) electrons. The normalized spacial score (nSPS) is 14.5. The van der Waals surface area contributed by atoms with Crippen molar-refractivity contribution in [2.45, 2.75) is 5.41 Å². The molecule has 1 atom stereocenters. The fourth-order valence-electron chi connectivity index (χ4n) is 10.4. The van der Waals surface area contributed by atoms with Crippen LogP contribution in [0.25, 0.3) is 43.8 Å². The van der Waals surface area contributed by atoms with Crippen molar-refractivity contribution in [2.24, 2.45) is 0 Å². The van der Waals surface area contributed by atoms with Crippen LogP contribution in [-0.4, -0.2) is 0 Å². The van der Waals surface area contributed by atoms with E-state index in [-0.39, 0.29) is 0 Å². The molecule has 2 aliphatic carbocycles. The molecule has 2 heteroatoms. The molecule has 10 aromatic carbocycles. The molecule has 0 bridgehead atoms. The van der Waals surface area contributed by atoms with E-state index in [1.165, 1.54) is 71.7 Å². The van der Waals surface area contributed by atoms with Crippen molar-refractivity contribution in [3.05, 3.63) is 253 Å². The highest BCUT2D eigenvalue weighted by atomic mass is 15.2. The van der Waals surface area contributed by atoms with Crippen molar-refractivity contribution in [3.8, 4) is 22.3 Å². The minimum atomic E-state index is -0.554. The van der Waals surface area contributed by atoms with Gasteiger partial charge < -0.3 is 9.80 Å². The zero-order valence-electron chi connectivity index (χ0n) is 32.3. The lowest BCUT2D eigenvalue weighted by molar-refractivity contribution is 0.801. The molecule has 1 spiro atoms.